The standard InChI is InChI=1S/C10H12O2.C5H6.Fe/c1-8(2)10(11)12-7-9-5-3-4-6-9;1-2-4-5-3-1;/h3,5-6H,1,4,7H2,2H3;1-4H,5H2;. The maximum atomic E-state index is 10.9. The zero-order valence-corrected chi connectivity index (χ0v) is 11.6. The molecular weight excluding hydrogens is 268 g/mol. The summed E-state index contributed by atoms with van der Waals surface area (Å²) in [7, 11) is 0. The van der Waals surface area contributed by atoms with Crippen LogP contribution in [-0.2, 0) is 26.6 Å². The van der Waals surface area contributed by atoms with Gasteiger partial charge in [0, 0.05) is 22.6 Å². The molecule has 0 saturated heterocycles. The molecular formula is C15H18FeO2. The van der Waals surface area contributed by atoms with Crippen molar-refractivity contribution in [1.29, 1.82) is 0 Å². The normalized spacial score (nSPS) is 14.4. The number of hydrogen-bond acceptors (Lipinski definition) is 2. The Labute approximate surface area is 119 Å². The first-order valence-electron chi connectivity index (χ1n) is 5.70. The quantitative estimate of drug-likeness (QED) is 0.451. The van der Waals surface area contributed by atoms with Crippen LogP contribution in [0.1, 0.15) is 19.8 Å². The first-order valence-corrected chi connectivity index (χ1v) is 5.70. The molecule has 0 aromatic rings. The second kappa shape index (κ2) is 9.69. The van der Waals surface area contributed by atoms with E-state index in [1.54, 1.807) is 6.92 Å². The summed E-state index contributed by atoms with van der Waals surface area (Å²) in [5.74, 6) is -0.323. The zero-order chi connectivity index (χ0) is 12.5. The number of esters is 1. The molecule has 2 nitrogen and oxygen atoms in total. The second-order valence-electron chi connectivity index (χ2n) is 3.87. The molecule has 0 atom stereocenters. The molecule has 0 amide bonds. The number of carbonyl (C=O) groups is 1. The average molecular weight is 286 g/mol. The molecule has 0 fully saturated rings. The van der Waals surface area contributed by atoms with Gasteiger partial charge in [-0.25, -0.2) is 4.79 Å². The van der Waals surface area contributed by atoms with Crippen molar-refractivity contribution in [2.75, 3.05) is 6.61 Å². The van der Waals surface area contributed by atoms with Crippen molar-refractivity contribution in [3.8, 4) is 0 Å². The topological polar surface area (TPSA) is 26.3 Å². The van der Waals surface area contributed by atoms with Crippen LogP contribution in [-0.4, -0.2) is 12.6 Å². The first-order chi connectivity index (χ1) is 8.20. The maximum Gasteiger partial charge on any atom is 0.333 e. The van der Waals surface area contributed by atoms with E-state index in [-0.39, 0.29) is 23.0 Å². The van der Waals surface area contributed by atoms with Gasteiger partial charge >= 0.3 is 5.97 Å². The second-order valence-corrected chi connectivity index (χ2v) is 3.87. The van der Waals surface area contributed by atoms with Gasteiger partial charge in [0.25, 0.3) is 0 Å². The molecule has 2 aliphatic carbocycles. The Kier molecular flexibility index (Phi) is 8.99. The van der Waals surface area contributed by atoms with Gasteiger partial charge in [-0.3, -0.25) is 0 Å². The molecule has 3 heteroatoms. The Hall–Kier alpha value is -1.31. The molecule has 2 rings (SSSR count). The van der Waals surface area contributed by atoms with Crippen molar-refractivity contribution in [3.05, 3.63) is 60.3 Å². The number of allylic oxidation sites excluding steroid dienone is 6. The van der Waals surface area contributed by atoms with Crippen LogP contribution in [0, 0.1) is 0 Å². The maximum absolute atomic E-state index is 10.9. The summed E-state index contributed by atoms with van der Waals surface area (Å²) in [5, 5.41) is 0. The molecule has 0 aromatic carbocycles. The van der Waals surface area contributed by atoms with Gasteiger partial charge in [-0.1, -0.05) is 49.1 Å². The Bertz CT molecular complexity index is 391. The minimum Gasteiger partial charge on any atom is -0.457 e. The third-order valence-corrected chi connectivity index (χ3v) is 2.22. The number of rotatable bonds is 3. The average Bonchev–Trinajstić information content (AvgIpc) is 3.00. The van der Waals surface area contributed by atoms with Crippen LogP contribution >= 0.6 is 0 Å². The molecule has 0 aliphatic heterocycles. The van der Waals surface area contributed by atoms with E-state index < -0.39 is 0 Å². The summed E-state index contributed by atoms with van der Waals surface area (Å²) in [6, 6.07) is 0. The summed E-state index contributed by atoms with van der Waals surface area (Å²) >= 11 is 0. The minimum absolute atomic E-state index is 0. The van der Waals surface area contributed by atoms with E-state index in [0.29, 0.717) is 12.2 Å². The molecule has 0 bridgehead atoms. The van der Waals surface area contributed by atoms with Gasteiger partial charge in [0.05, 0.1) is 0 Å². The van der Waals surface area contributed by atoms with Crippen molar-refractivity contribution in [2.24, 2.45) is 0 Å². The van der Waals surface area contributed by atoms with E-state index in [0.717, 1.165) is 18.4 Å². The van der Waals surface area contributed by atoms with Gasteiger partial charge in [0.15, 0.2) is 0 Å². The summed E-state index contributed by atoms with van der Waals surface area (Å²) in [5.41, 5.74) is 1.50. The molecule has 0 radical (unpaired) electrons. The fourth-order valence-electron chi connectivity index (χ4n) is 1.28. The van der Waals surface area contributed by atoms with Gasteiger partial charge in [0.1, 0.15) is 6.61 Å². The summed E-state index contributed by atoms with van der Waals surface area (Å²) in [4.78, 5) is 10.9. The molecule has 0 aromatic heterocycles. The molecule has 0 unspecified atom stereocenters. The van der Waals surface area contributed by atoms with Gasteiger partial charge < -0.3 is 4.74 Å². The van der Waals surface area contributed by atoms with Crippen LogP contribution in [0.2, 0.25) is 0 Å². The summed E-state index contributed by atoms with van der Waals surface area (Å²) in [6.45, 7) is 5.49. The van der Waals surface area contributed by atoms with Gasteiger partial charge in [-0.15, -0.1) is 0 Å². The van der Waals surface area contributed by atoms with Crippen LogP contribution in [0.5, 0.6) is 0 Å². The van der Waals surface area contributed by atoms with Crippen molar-refractivity contribution in [2.45, 2.75) is 19.8 Å². The Morgan fingerprint density at radius 2 is 1.94 bits per heavy atom. The van der Waals surface area contributed by atoms with Crippen LogP contribution in [0.25, 0.3) is 0 Å². The van der Waals surface area contributed by atoms with E-state index in [1.807, 2.05) is 18.2 Å². The molecule has 0 spiro atoms. The fraction of sp³-hybridized carbons (Fsp3) is 0.267. The van der Waals surface area contributed by atoms with Crippen molar-refractivity contribution < 1.29 is 26.6 Å². The van der Waals surface area contributed by atoms with E-state index in [4.69, 9.17) is 4.74 Å². The van der Waals surface area contributed by atoms with E-state index in [1.165, 1.54) is 0 Å². The number of carbonyl (C=O) groups excluding carboxylic acids is 1. The Morgan fingerprint density at radius 1 is 1.28 bits per heavy atom. The van der Waals surface area contributed by atoms with E-state index in [9.17, 15) is 4.79 Å². The largest absolute Gasteiger partial charge is 0.457 e. The van der Waals surface area contributed by atoms with E-state index >= 15 is 0 Å². The smallest absolute Gasteiger partial charge is 0.333 e. The van der Waals surface area contributed by atoms with Gasteiger partial charge in [-0.05, 0) is 25.3 Å². The third-order valence-electron chi connectivity index (χ3n) is 2.22. The van der Waals surface area contributed by atoms with E-state index in [2.05, 4.69) is 30.9 Å². The summed E-state index contributed by atoms with van der Waals surface area (Å²) in [6.07, 6.45) is 16.5. The Balaban J connectivity index is 0.000000405. The number of hydrogen-bond donors (Lipinski definition) is 0. The molecule has 0 N–H and O–H groups in total. The fourth-order valence-corrected chi connectivity index (χ4v) is 1.28. The van der Waals surface area contributed by atoms with Crippen LogP contribution in [0.3, 0.4) is 0 Å². The molecule has 0 heterocycles. The van der Waals surface area contributed by atoms with Crippen LogP contribution < -0.4 is 0 Å². The SMILES string of the molecule is C1=CCC=C1.C=C(C)C(=O)OCC1=CCC=C1.[Fe]. The van der Waals surface area contributed by atoms with Crippen molar-refractivity contribution in [1.82, 2.24) is 0 Å². The predicted octanol–water partition coefficient (Wildman–Crippen LogP) is 3.49. The third kappa shape index (κ3) is 7.10. The zero-order valence-electron chi connectivity index (χ0n) is 10.5. The minimum atomic E-state index is -0.323. The van der Waals surface area contributed by atoms with Crippen LogP contribution in [0.4, 0.5) is 0 Å². The monoisotopic (exact) mass is 286 g/mol. The molecule has 18 heavy (non-hydrogen) atoms. The first kappa shape index (κ1) is 16.7. The predicted molar refractivity (Wildman–Crippen MR) is 70.5 cm³/mol. The molecule has 2 aliphatic rings. The van der Waals surface area contributed by atoms with Crippen molar-refractivity contribution >= 4 is 5.97 Å². The summed E-state index contributed by atoms with van der Waals surface area (Å²) < 4.78 is 4.93. The van der Waals surface area contributed by atoms with Crippen LogP contribution in [0.15, 0.2) is 60.3 Å². The Morgan fingerprint density at radius 3 is 2.33 bits per heavy atom. The molecule has 0 saturated carbocycles. The number of ether oxygens (including phenoxy) is 1. The van der Waals surface area contributed by atoms with Gasteiger partial charge in [0.2, 0.25) is 0 Å². The van der Waals surface area contributed by atoms with Crippen molar-refractivity contribution in [3.63, 3.8) is 0 Å². The molecule has 98 valence electrons. The van der Waals surface area contributed by atoms with Gasteiger partial charge in [-0.2, -0.15) is 0 Å².